The molecule has 0 aliphatic carbocycles. The van der Waals surface area contributed by atoms with Crippen molar-refractivity contribution in [3.63, 3.8) is 0 Å². The van der Waals surface area contributed by atoms with Crippen LogP contribution in [0.4, 0.5) is 11.6 Å². The topological polar surface area (TPSA) is 85.8 Å². The summed E-state index contributed by atoms with van der Waals surface area (Å²) < 4.78 is 1.65. The first kappa shape index (κ1) is 16.6. The Kier molecular flexibility index (Phi) is 5.31. The standard InChI is InChI=1S/C14H18ClN5OS/c1-4-11(20-13(16)18-19-14(20)22-3)12(21)17-10-7-9(15)6-5-8(10)2/h5-7,11H,4H2,1-3H3,(H2,16,18)(H,17,21). The quantitative estimate of drug-likeness (QED) is 0.817. The summed E-state index contributed by atoms with van der Waals surface area (Å²) in [6.07, 6.45) is 2.44. The molecule has 0 aliphatic heterocycles. The highest BCUT2D eigenvalue weighted by molar-refractivity contribution is 7.98. The smallest absolute Gasteiger partial charge is 0.247 e. The third-order valence-electron chi connectivity index (χ3n) is 3.33. The summed E-state index contributed by atoms with van der Waals surface area (Å²) in [5, 5.41) is 11.9. The molecule has 2 rings (SSSR count). The first-order chi connectivity index (χ1) is 10.5. The first-order valence-corrected chi connectivity index (χ1v) is 8.39. The summed E-state index contributed by atoms with van der Waals surface area (Å²) >= 11 is 7.38. The maximum atomic E-state index is 12.6. The number of hydrogen-bond donors (Lipinski definition) is 2. The number of aryl methyl sites for hydroxylation is 1. The molecule has 3 N–H and O–H groups in total. The van der Waals surface area contributed by atoms with Gasteiger partial charge in [0.1, 0.15) is 6.04 Å². The van der Waals surface area contributed by atoms with Crippen molar-refractivity contribution in [2.24, 2.45) is 0 Å². The fourth-order valence-corrected chi connectivity index (χ4v) is 2.86. The van der Waals surface area contributed by atoms with Gasteiger partial charge >= 0.3 is 0 Å². The second kappa shape index (κ2) is 7.02. The van der Waals surface area contributed by atoms with E-state index in [1.807, 2.05) is 26.2 Å². The number of amides is 1. The minimum absolute atomic E-state index is 0.172. The summed E-state index contributed by atoms with van der Waals surface area (Å²) in [4.78, 5) is 12.6. The van der Waals surface area contributed by atoms with Gasteiger partial charge in [-0.2, -0.15) is 0 Å². The van der Waals surface area contributed by atoms with Gasteiger partial charge in [-0.1, -0.05) is 36.4 Å². The molecule has 1 unspecified atom stereocenters. The van der Waals surface area contributed by atoms with Crippen LogP contribution in [0.5, 0.6) is 0 Å². The van der Waals surface area contributed by atoms with E-state index in [0.29, 0.717) is 22.3 Å². The first-order valence-electron chi connectivity index (χ1n) is 6.79. The zero-order chi connectivity index (χ0) is 16.3. The Hall–Kier alpha value is -1.73. The van der Waals surface area contributed by atoms with Gasteiger partial charge in [-0.3, -0.25) is 9.36 Å². The van der Waals surface area contributed by atoms with Gasteiger partial charge in [0, 0.05) is 10.7 Å². The van der Waals surface area contributed by atoms with Crippen LogP contribution in [0.2, 0.25) is 5.02 Å². The molecule has 0 aliphatic rings. The van der Waals surface area contributed by atoms with Crippen molar-refractivity contribution in [1.82, 2.24) is 14.8 Å². The van der Waals surface area contributed by atoms with E-state index in [1.54, 1.807) is 16.7 Å². The molecule has 0 radical (unpaired) electrons. The lowest BCUT2D eigenvalue weighted by atomic mass is 10.1. The number of carbonyl (C=O) groups excluding carboxylic acids is 1. The van der Waals surface area contributed by atoms with Crippen LogP contribution >= 0.6 is 23.4 Å². The van der Waals surface area contributed by atoms with Gasteiger partial charge in [-0.25, -0.2) is 0 Å². The molecule has 2 aromatic rings. The molecule has 0 bridgehead atoms. The van der Waals surface area contributed by atoms with Gasteiger partial charge in [0.25, 0.3) is 0 Å². The molecule has 1 aromatic carbocycles. The van der Waals surface area contributed by atoms with Crippen molar-refractivity contribution in [1.29, 1.82) is 0 Å². The van der Waals surface area contributed by atoms with E-state index in [9.17, 15) is 4.79 Å². The summed E-state index contributed by atoms with van der Waals surface area (Å²) in [6, 6.07) is 4.90. The van der Waals surface area contributed by atoms with Crippen LogP contribution < -0.4 is 11.1 Å². The maximum absolute atomic E-state index is 12.6. The summed E-state index contributed by atoms with van der Waals surface area (Å²) in [6.45, 7) is 3.83. The van der Waals surface area contributed by atoms with Gasteiger partial charge in [0.05, 0.1) is 0 Å². The number of aromatic nitrogens is 3. The fraction of sp³-hybridized carbons (Fsp3) is 0.357. The predicted molar refractivity (Wildman–Crippen MR) is 90.4 cm³/mol. The van der Waals surface area contributed by atoms with Gasteiger partial charge in [0.15, 0.2) is 5.16 Å². The van der Waals surface area contributed by atoms with Crippen LogP contribution in [0, 0.1) is 6.92 Å². The number of hydrogen-bond acceptors (Lipinski definition) is 5. The minimum atomic E-state index is -0.476. The van der Waals surface area contributed by atoms with E-state index in [2.05, 4.69) is 15.5 Å². The molecule has 1 aromatic heterocycles. The van der Waals surface area contributed by atoms with Crippen LogP contribution in [0.3, 0.4) is 0 Å². The largest absolute Gasteiger partial charge is 0.368 e. The summed E-state index contributed by atoms with van der Waals surface area (Å²) in [7, 11) is 0. The number of carbonyl (C=O) groups is 1. The van der Waals surface area contributed by atoms with Crippen molar-refractivity contribution in [2.75, 3.05) is 17.3 Å². The van der Waals surface area contributed by atoms with Crippen molar-refractivity contribution >= 4 is 40.9 Å². The SMILES string of the molecule is CCC(C(=O)Nc1cc(Cl)ccc1C)n1c(N)nnc1SC. The molecule has 0 fully saturated rings. The lowest BCUT2D eigenvalue weighted by molar-refractivity contribution is -0.119. The molecule has 0 saturated carbocycles. The highest BCUT2D eigenvalue weighted by Crippen LogP contribution is 2.26. The Balaban J connectivity index is 2.29. The van der Waals surface area contributed by atoms with Gasteiger partial charge in [0.2, 0.25) is 11.9 Å². The molecule has 6 nitrogen and oxygen atoms in total. The monoisotopic (exact) mass is 339 g/mol. The molecule has 1 atom stereocenters. The van der Waals surface area contributed by atoms with Crippen LogP contribution in [0.1, 0.15) is 24.9 Å². The number of thioether (sulfide) groups is 1. The van der Waals surface area contributed by atoms with Crippen molar-refractivity contribution in [3.05, 3.63) is 28.8 Å². The maximum Gasteiger partial charge on any atom is 0.247 e. The van der Waals surface area contributed by atoms with E-state index in [4.69, 9.17) is 17.3 Å². The highest BCUT2D eigenvalue weighted by atomic mass is 35.5. The number of nitrogen functional groups attached to an aromatic ring is 1. The molecule has 22 heavy (non-hydrogen) atoms. The predicted octanol–water partition coefficient (Wildman–Crippen LogP) is 3.13. The number of benzene rings is 1. The van der Waals surface area contributed by atoms with Crippen molar-refractivity contribution < 1.29 is 4.79 Å². The van der Waals surface area contributed by atoms with Gasteiger partial charge in [-0.05, 0) is 37.3 Å². The molecule has 1 heterocycles. The Morgan fingerprint density at radius 2 is 2.23 bits per heavy atom. The lowest BCUT2D eigenvalue weighted by Crippen LogP contribution is -2.27. The van der Waals surface area contributed by atoms with E-state index in [0.717, 1.165) is 5.56 Å². The zero-order valence-electron chi connectivity index (χ0n) is 12.6. The number of nitrogens with two attached hydrogens (primary N) is 1. The number of rotatable bonds is 5. The van der Waals surface area contributed by atoms with Gasteiger partial charge < -0.3 is 11.1 Å². The third kappa shape index (κ3) is 3.36. The molecule has 0 saturated heterocycles. The molecular formula is C14H18ClN5OS. The van der Waals surface area contributed by atoms with E-state index in [-0.39, 0.29) is 11.9 Å². The van der Waals surface area contributed by atoms with Crippen LogP contribution in [0.15, 0.2) is 23.4 Å². The van der Waals surface area contributed by atoms with Crippen molar-refractivity contribution in [3.8, 4) is 0 Å². The number of nitrogens with zero attached hydrogens (tertiary/aromatic N) is 3. The molecule has 8 heteroatoms. The molecule has 0 spiro atoms. The third-order valence-corrected chi connectivity index (χ3v) is 4.21. The van der Waals surface area contributed by atoms with E-state index in [1.165, 1.54) is 11.8 Å². The normalized spacial score (nSPS) is 12.2. The summed E-state index contributed by atoms with van der Waals surface area (Å²) in [5.41, 5.74) is 7.48. The molecular weight excluding hydrogens is 322 g/mol. The number of nitrogens with one attached hydrogen (secondary N) is 1. The number of halogens is 1. The average Bonchev–Trinajstić information content (AvgIpc) is 2.85. The lowest BCUT2D eigenvalue weighted by Gasteiger charge is -2.19. The minimum Gasteiger partial charge on any atom is -0.368 e. The molecule has 118 valence electrons. The second-order valence-corrected chi connectivity index (χ2v) is 6.00. The van der Waals surface area contributed by atoms with Crippen LogP contribution in [-0.4, -0.2) is 26.9 Å². The Labute approximate surface area is 138 Å². The Morgan fingerprint density at radius 3 is 2.86 bits per heavy atom. The fourth-order valence-electron chi connectivity index (χ4n) is 2.15. The van der Waals surface area contributed by atoms with Crippen LogP contribution in [0.25, 0.3) is 0 Å². The number of anilines is 2. The second-order valence-electron chi connectivity index (χ2n) is 4.79. The average molecular weight is 340 g/mol. The van der Waals surface area contributed by atoms with E-state index < -0.39 is 6.04 Å². The summed E-state index contributed by atoms with van der Waals surface area (Å²) in [5.74, 6) is 0.0591. The van der Waals surface area contributed by atoms with E-state index >= 15 is 0 Å². The molecule has 1 amide bonds. The Bertz CT molecular complexity index is 688. The zero-order valence-corrected chi connectivity index (χ0v) is 14.2. The van der Waals surface area contributed by atoms with Crippen molar-refractivity contribution in [2.45, 2.75) is 31.5 Å². The van der Waals surface area contributed by atoms with Crippen LogP contribution in [-0.2, 0) is 4.79 Å². The van der Waals surface area contributed by atoms with Gasteiger partial charge in [-0.15, -0.1) is 10.2 Å². The Morgan fingerprint density at radius 1 is 1.50 bits per heavy atom. The highest BCUT2D eigenvalue weighted by Gasteiger charge is 2.24.